The van der Waals surface area contributed by atoms with Gasteiger partial charge < -0.3 is 9.47 Å². The lowest BCUT2D eigenvalue weighted by Gasteiger charge is -2.19. The molecular formula is C10H21O2. The van der Waals surface area contributed by atoms with Gasteiger partial charge in [-0.25, -0.2) is 0 Å². The van der Waals surface area contributed by atoms with Crippen LogP contribution in [-0.4, -0.2) is 19.3 Å². The fourth-order valence-corrected chi connectivity index (χ4v) is 0.826. The van der Waals surface area contributed by atoms with Crippen LogP contribution in [0.3, 0.4) is 0 Å². The van der Waals surface area contributed by atoms with Crippen molar-refractivity contribution in [2.45, 2.75) is 45.6 Å². The highest BCUT2D eigenvalue weighted by molar-refractivity contribution is 4.58. The van der Waals surface area contributed by atoms with Crippen LogP contribution >= 0.6 is 0 Å². The van der Waals surface area contributed by atoms with Crippen LogP contribution in [-0.2, 0) is 9.47 Å². The summed E-state index contributed by atoms with van der Waals surface area (Å²) in [6, 6.07) is 0. The number of hydrogen-bond acceptors (Lipinski definition) is 2. The van der Waals surface area contributed by atoms with Crippen LogP contribution in [0.2, 0.25) is 0 Å². The molecule has 0 atom stereocenters. The topological polar surface area (TPSA) is 18.5 Å². The summed E-state index contributed by atoms with van der Waals surface area (Å²) < 4.78 is 10.4. The van der Waals surface area contributed by atoms with Crippen molar-refractivity contribution in [1.29, 1.82) is 0 Å². The first-order chi connectivity index (χ1) is 5.56. The molecular weight excluding hydrogens is 152 g/mol. The number of methoxy groups -OCH3 is 1. The van der Waals surface area contributed by atoms with E-state index < -0.39 is 0 Å². The second-order valence-electron chi connectivity index (χ2n) is 3.86. The molecule has 0 unspecified atom stereocenters. The second-order valence-corrected chi connectivity index (χ2v) is 3.86. The van der Waals surface area contributed by atoms with Gasteiger partial charge in [-0.1, -0.05) is 0 Å². The minimum Gasteiger partial charge on any atom is -0.379 e. The van der Waals surface area contributed by atoms with Crippen molar-refractivity contribution in [3.05, 3.63) is 6.61 Å². The molecule has 12 heavy (non-hydrogen) atoms. The molecule has 0 heterocycles. The average molecular weight is 173 g/mol. The van der Waals surface area contributed by atoms with Crippen molar-refractivity contribution >= 4 is 0 Å². The third-order valence-electron chi connectivity index (χ3n) is 1.42. The standard InChI is InChI=1S/C10H21O2/c1-10(2,3)12-9-7-5-6-8-11-4/h8H,5-7,9H2,1-4H3. The van der Waals surface area contributed by atoms with Crippen LogP contribution < -0.4 is 0 Å². The number of unbranched alkanes of at least 4 members (excludes halogenated alkanes) is 2. The molecule has 0 bridgehead atoms. The largest absolute Gasteiger partial charge is 0.379 e. The first-order valence-electron chi connectivity index (χ1n) is 4.54. The molecule has 0 saturated heterocycles. The van der Waals surface area contributed by atoms with Gasteiger partial charge in [-0.15, -0.1) is 0 Å². The first kappa shape index (κ1) is 11.9. The normalized spacial score (nSPS) is 12.0. The zero-order chi connectivity index (χ0) is 9.45. The number of rotatable bonds is 6. The van der Waals surface area contributed by atoms with E-state index >= 15 is 0 Å². The summed E-state index contributed by atoms with van der Waals surface area (Å²) in [7, 11) is 1.69. The molecule has 0 aliphatic heterocycles. The molecule has 0 spiro atoms. The lowest BCUT2D eigenvalue weighted by atomic mass is 10.2. The van der Waals surface area contributed by atoms with Crippen molar-refractivity contribution in [3.63, 3.8) is 0 Å². The summed E-state index contributed by atoms with van der Waals surface area (Å²) in [6.45, 7) is 8.91. The first-order valence-corrected chi connectivity index (χ1v) is 4.54. The van der Waals surface area contributed by atoms with Crippen molar-refractivity contribution < 1.29 is 9.47 Å². The molecule has 0 fully saturated rings. The highest BCUT2D eigenvalue weighted by Gasteiger charge is 2.08. The Kier molecular flexibility index (Phi) is 6.39. The monoisotopic (exact) mass is 173 g/mol. The van der Waals surface area contributed by atoms with Crippen LogP contribution in [0, 0.1) is 6.61 Å². The Balaban J connectivity index is 3.01. The lowest BCUT2D eigenvalue weighted by Crippen LogP contribution is -2.19. The fraction of sp³-hybridized carbons (Fsp3) is 0.900. The molecule has 1 radical (unpaired) electrons. The van der Waals surface area contributed by atoms with Gasteiger partial charge in [0.1, 0.15) is 0 Å². The van der Waals surface area contributed by atoms with E-state index in [1.807, 2.05) is 6.61 Å². The predicted molar refractivity (Wildman–Crippen MR) is 50.9 cm³/mol. The summed E-state index contributed by atoms with van der Waals surface area (Å²) >= 11 is 0. The second kappa shape index (κ2) is 6.44. The molecule has 0 aliphatic rings. The Morgan fingerprint density at radius 2 is 1.83 bits per heavy atom. The highest BCUT2D eigenvalue weighted by Crippen LogP contribution is 2.08. The van der Waals surface area contributed by atoms with E-state index in [0.29, 0.717) is 0 Å². The minimum atomic E-state index is 0.00493. The van der Waals surface area contributed by atoms with Crippen molar-refractivity contribution in [1.82, 2.24) is 0 Å². The summed E-state index contributed by atoms with van der Waals surface area (Å²) in [4.78, 5) is 0. The molecule has 0 N–H and O–H groups in total. The molecule has 73 valence electrons. The number of hydrogen-bond donors (Lipinski definition) is 0. The van der Waals surface area contributed by atoms with E-state index in [0.717, 1.165) is 25.9 Å². The third-order valence-corrected chi connectivity index (χ3v) is 1.42. The summed E-state index contributed by atoms with van der Waals surface area (Å²) in [5.74, 6) is 0. The van der Waals surface area contributed by atoms with Crippen molar-refractivity contribution in [2.75, 3.05) is 13.7 Å². The van der Waals surface area contributed by atoms with Gasteiger partial charge in [0.25, 0.3) is 0 Å². The maximum atomic E-state index is 5.55. The van der Waals surface area contributed by atoms with E-state index in [2.05, 4.69) is 20.8 Å². The zero-order valence-corrected chi connectivity index (χ0v) is 8.72. The molecule has 0 saturated carbocycles. The molecule has 2 heteroatoms. The zero-order valence-electron chi connectivity index (χ0n) is 8.72. The Hall–Kier alpha value is -0.0800. The van der Waals surface area contributed by atoms with Gasteiger partial charge in [0.2, 0.25) is 0 Å². The van der Waals surface area contributed by atoms with Gasteiger partial charge >= 0.3 is 0 Å². The molecule has 0 rings (SSSR count). The van der Waals surface area contributed by atoms with Crippen LogP contribution in [0.15, 0.2) is 0 Å². The SMILES string of the molecule is CO[CH]CCCCOC(C)(C)C. The van der Waals surface area contributed by atoms with E-state index in [9.17, 15) is 0 Å². The molecule has 0 aliphatic carbocycles. The van der Waals surface area contributed by atoms with E-state index in [4.69, 9.17) is 9.47 Å². The Bertz CT molecular complexity index is 94.5. The predicted octanol–water partition coefficient (Wildman–Crippen LogP) is 2.78. The highest BCUT2D eigenvalue weighted by atomic mass is 16.5. The van der Waals surface area contributed by atoms with Gasteiger partial charge in [-0.2, -0.15) is 0 Å². The summed E-state index contributed by atoms with van der Waals surface area (Å²) in [5.41, 5.74) is 0.00493. The molecule has 0 aromatic rings. The lowest BCUT2D eigenvalue weighted by molar-refractivity contribution is -0.00479. The van der Waals surface area contributed by atoms with Gasteiger partial charge in [0, 0.05) is 13.7 Å². The van der Waals surface area contributed by atoms with Crippen LogP contribution in [0.4, 0.5) is 0 Å². The van der Waals surface area contributed by atoms with E-state index in [1.165, 1.54) is 0 Å². The minimum absolute atomic E-state index is 0.00493. The average Bonchev–Trinajstić information content (AvgIpc) is 1.94. The van der Waals surface area contributed by atoms with Crippen molar-refractivity contribution in [2.24, 2.45) is 0 Å². The maximum Gasteiger partial charge on any atom is 0.0832 e. The quantitative estimate of drug-likeness (QED) is 0.575. The molecule has 0 aromatic carbocycles. The Morgan fingerprint density at radius 3 is 2.33 bits per heavy atom. The van der Waals surface area contributed by atoms with Crippen molar-refractivity contribution in [3.8, 4) is 0 Å². The van der Waals surface area contributed by atoms with E-state index in [1.54, 1.807) is 7.11 Å². The van der Waals surface area contributed by atoms with Crippen LogP contribution in [0.5, 0.6) is 0 Å². The smallest absolute Gasteiger partial charge is 0.0832 e. The Morgan fingerprint density at radius 1 is 1.17 bits per heavy atom. The fourth-order valence-electron chi connectivity index (χ4n) is 0.826. The van der Waals surface area contributed by atoms with Gasteiger partial charge in [-0.05, 0) is 40.0 Å². The molecule has 0 aromatic heterocycles. The Labute approximate surface area is 76.3 Å². The molecule has 0 amide bonds. The third kappa shape index (κ3) is 9.92. The summed E-state index contributed by atoms with van der Waals surface area (Å²) in [5, 5.41) is 0. The van der Waals surface area contributed by atoms with Crippen LogP contribution in [0.25, 0.3) is 0 Å². The summed E-state index contributed by atoms with van der Waals surface area (Å²) in [6.07, 6.45) is 3.27. The van der Waals surface area contributed by atoms with Gasteiger partial charge in [0.05, 0.1) is 12.2 Å². The van der Waals surface area contributed by atoms with Gasteiger partial charge in [0.15, 0.2) is 0 Å². The number of ether oxygens (including phenoxy) is 2. The van der Waals surface area contributed by atoms with Crippen LogP contribution in [0.1, 0.15) is 40.0 Å². The maximum absolute atomic E-state index is 5.55. The molecule has 2 nitrogen and oxygen atoms in total. The van der Waals surface area contributed by atoms with E-state index in [-0.39, 0.29) is 5.60 Å². The van der Waals surface area contributed by atoms with Gasteiger partial charge in [-0.3, -0.25) is 0 Å².